The summed E-state index contributed by atoms with van der Waals surface area (Å²) in [6, 6.07) is 65.1. The molecule has 0 aliphatic heterocycles. The number of para-hydroxylation sites is 3. The third-order valence-electron chi connectivity index (χ3n) is 12.8. The standard InChI is InChI=1S/C58H40N3O2.Pt/c1-35-15-11-16-36(2)57(35)61-48-26-14-25-44(56(48)60-58(61)47-32-31-40-30-29-39-21-12-27-49(62)52(39)55(40)59-47)41-33-46(54-45-22-9-10-28-50(45)63-51(54)34-41)53-42(37-17-5-3-6-18-37)23-13-24-43(53)38-19-7-4-8-20-38;/h3-28,31-32,34,62H,29-30H2,1-2H3;/q-1;. The molecular formula is C58H40N3O2Pt-. The molecule has 0 atom stereocenters. The largest absolute Gasteiger partial charge is 0.507 e. The zero-order valence-electron chi connectivity index (χ0n) is 35.2. The Hall–Kier alpha value is -7.33. The fourth-order valence-corrected chi connectivity index (χ4v) is 9.90. The van der Waals surface area contributed by atoms with Gasteiger partial charge in [-0.25, -0.2) is 9.97 Å². The Bertz CT molecular complexity index is 3530. The van der Waals surface area contributed by atoms with Crippen molar-refractivity contribution in [3.63, 3.8) is 0 Å². The molecule has 1 N–H and O–H groups in total. The number of hydrogen-bond donors (Lipinski definition) is 1. The van der Waals surface area contributed by atoms with E-state index in [1.807, 2.05) is 18.2 Å². The van der Waals surface area contributed by atoms with E-state index in [9.17, 15) is 5.11 Å². The van der Waals surface area contributed by atoms with Gasteiger partial charge in [-0.1, -0.05) is 163 Å². The van der Waals surface area contributed by atoms with Crippen LogP contribution in [-0.2, 0) is 33.9 Å². The van der Waals surface area contributed by atoms with Crippen LogP contribution in [0.25, 0.3) is 106 Å². The molecule has 310 valence electrons. The summed E-state index contributed by atoms with van der Waals surface area (Å²) >= 11 is 0. The van der Waals surface area contributed by atoms with Crippen LogP contribution in [0.1, 0.15) is 22.3 Å². The molecule has 0 radical (unpaired) electrons. The molecule has 3 heterocycles. The summed E-state index contributed by atoms with van der Waals surface area (Å²) in [5.74, 6) is 0.978. The number of pyridine rings is 1. The minimum absolute atomic E-state index is 0. The van der Waals surface area contributed by atoms with Crippen LogP contribution in [0.5, 0.6) is 5.75 Å². The van der Waals surface area contributed by atoms with Gasteiger partial charge in [0.05, 0.1) is 28.0 Å². The fourth-order valence-electron chi connectivity index (χ4n) is 9.90. The Morgan fingerprint density at radius 1 is 0.578 bits per heavy atom. The molecule has 1 aliphatic rings. The van der Waals surface area contributed by atoms with E-state index in [-0.39, 0.29) is 26.8 Å². The molecule has 8 aromatic carbocycles. The molecule has 11 aromatic rings. The average Bonchev–Trinajstić information content (AvgIpc) is 3.90. The number of nitrogens with zero attached hydrogens (tertiary/aromatic N) is 3. The van der Waals surface area contributed by atoms with Crippen molar-refractivity contribution in [3.05, 3.63) is 204 Å². The number of imidazole rings is 1. The average molecular weight is 1010 g/mol. The molecule has 0 unspecified atom stereocenters. The quantitative estimate of drug-likeness (QED) is 0.169. The van der Waals surface area contributed by atoms with Gasteiger partial charge in [0.2, 0.25) is 0 Å². The van der Waals surface area contributed by atoms with E-state index < -0.39 is 0 Å². The number of benzene rings is 8. The summed E-state index contributed by atoms with van der Waals surface area (Å²) in [4.78, 5) is 10.9. The Morgan fingerprint density at radius 3 is 1.97 bits per heavy atom. The van der Waals surface area contributed by atoms with E-state index >= 15 is 0 Å². The smallest absolute Gasteiger partial charge is 0.163 e. The van der Waals surface area contributed by atoms with Crippen molar-refractivity contribution < 1.29 is 30.6 Å². The molecule has 0 amide bonds. The first kappa shape index (κ1) is 39.5. The van der Waals surface area contributed by atoms with Crippen LogP contribution in [0.15, 0.2) is 180 Å². The van der Waals surface area contributed by atoms with Crippen molar-refractivity contribution >= 4 is 33.0 Å². The van der Waals surface area contributed by atoms with Crippen LogP contribution in [-0.4, -0.2) is 19.6 Å². The molecule has 0 saturated heterocycles. The van der Waals surface area contributed by atoms with Crippen LogP contribution < -0.4 is 0 Å². The summed E-state index contributed by atoms with van der Waals surface area (Å²) in [6.45, 7) is 4.31. The Balaban J connectivity index is 0.00000456. The van der Waals surface area contributed by atoms with Crippen molar-refractivity contribution in [2.75, 3.05) is 0 Å². The van der Waals surface area contributed by atoms with E-state index in [1.54, 1.807) is 6.07 Å². The van der Waals surface area contributed by atoms with Gasteiger partial charge >= 0.3 is 0 Å². The van der Waals surface area contributed by atoms with Crippen molar-refractivity contribution in [2.45, 2.75) is 26.7 Å². The summed E-state index contributed by atoms with van der Waals surface area (Å²) < 4.78 is 9.06. The number of aromatic nitrogens is 3. The minimum atomic E-state index is 0. The summed E-state index contributed by atoms with van der Waals surface area (Å²) in [5, 5.41) is 13.2. The zero-order chi connectivity index (χ0) is 42.2. The third kappa shape index (κ3) is 6.33. The van der Waals surface area contributed by atoms with Crippen LogP contribution in [0.2, 0.25) is 0 Å². The predicted molar refractivity (Wildman–Crippen MR) is 256 cm³/mol. The first-order valence-corrected chi connectivity index (χ1v) is 21.5. The van der Waals surface area contributed by atoms with E-state index in [0.29, 0.717) is 0 Å². The minimum Gasteiger partial charge on any atom is -0.507 e. The van der Waals surface area contributed by atoms with Crippen LogP contribution in [0, 0.1) is 19.9 Å². The van der Waals surface area contributed by atoms with Gasteiger partial charge < -0.3 is 9.52 Å². The van der Waals surface area contributed by atoms with Gasteiger partial charge in [-0.15, -0.1) is 17.2 Å². The molecule has 3 aromatic heterocycles. The summed E-state index contributed by atoms with van der Waals surface area (Å²) in [5.41, 5.74) is 19.6. The van der Waals surface area contributed by atoms with Gasteiger partial charge in [0.25, 0.3) is 0 Å². The molecule has 0 spiro atoms. The van der Waals surface area contributed by atoms with Gasteiger partial charge in [-0.2, -0.15) is 0 Å². The normalized spacial score (nSPS) is 12.0. The molecule has 0 saturated carbocycles. The molecule has 12 rings (SSSR count). The number of rotatable bonds is 6. The maximum atomic E-state index is 11.2. The van der Waals surface area contributed by atoms with Gasteiger partial charge in [0, 0.05) is 26.6 Å². The second-order valence-corrected chi connectivity index (χ2v) is 16.6. The van der Waals surface area contributed by atoms with E-state index in [2.05, 4.69) is 176 Å². The molecule has 1 aliphatic carbocycles. The molecule has 0 fully saturated rings. The second-order valence-electron chi connectivity index (χ2n) is 16.6. The first-order valence-electron chi connectivity index (χ1n) is 21.5. The number of furan rings is 1. The monoisotopic (exact) mass is 1010 g/mol. The summed E-state index contributed by atoms with van der Waals surface area (Å²) in [7, 11) is 0. The summed E-state index contributed by atoms with van der Waals surface area (Å²) in [6.07, 6.45) is 1.72. The number of aromatic hydroxyl groups is 1. The number of phenols is 1. The van der Waals surface area contributed by atoms with Gasteiger partial charge in [0.1, 0.15) is 17.0 Å². The Labute approximate surface area is 385 Å². The predicted octanol–water partition coefficient (Wildman–Crippen LogP) is 14.5. The number of hydrogen-bond acceptors (Lipinski definition) is 4. The second kappa shape index (κ2) is 15.8. The van der Waals surface area contributed by atoms with Crippen LogP contribution in [0.3, 0.4) is 0 Å². The van der Waals surface area contributed by atoms with Gasteiger partial charge in [-0.3, -0.25) is 4.57 Å². The Morgan fingerprint density at radius 2 is 1.22 bits per heavy atom. The van der Waals surface area contributed by atoms with Crippen molar-refractivity contribution in [2.24, 2.45) is 0 Å². The molecule has 64 heavy (non-hydrogen) atoms. The topological polar surface area (TPSA) is 64.1 Å². The Kier molecular flexibility index (Phi) is 9.74. The van der Waals surface area contributed by atoms with E-state index in [4.69, 9.17) is 14.4 Å². The molecule has 6 heteroatoms. The SMILES string of the molecule is Cc1cccc(C)c1-n1c(-c2ccc3c(n2)-c2c(O)cccc2CC3)nc2c(-c3[c-]c(-c4c(-c5ccccc5)cccc4-c4ccccc4)c4c(c3)oc3ccccc34)cccc21.[Pt]. The van der Waals surface area contributed by atoms with E-state index in [1.165, 1.54) is 0 Å². The van der Waals surface area contributed by atoms with Gasteiger partial charge in [0.15, 0.2) is 5.82 Å². The van der Waals surface area contributed by atoms with Crippen molar-refractivity contribution in [3.8, 4) is 78.7 Å². The van der Waals surface area contributed by atoms with Crippen molar-refractivity contribution in [1.29, 1.82) is 0 Å². The van der Waals surface area contributed by atoms with Gasteiger partial charge in [-0.05, 0) is 106 Å². The zero-order valence-corrected chi connectivity index (χ0v) is 37.4. The molecule has 0 bridgehead atoms. The first-order chi connectivity index (χ1) is 31.0. The third-order valence-corrected chi connectivity index (χ3v) is 12.8. The van der Waals surface area contributed by atoms with Crippen LogP contribution in [0.4, 0.5) is 0 Å². The van der Waals surface area contributed by atoms with Crippen LogP contribution >= 0.6 is 0 Å². The number of aryl methyl sites for hydroxylation is 4. The van der Waals surface area contributed by atoms with E-state index in [0.717, 1.165) is 141 Å². The fraction of sp³-hybridized carbons (Fsp3) is 0.0690. The van der Waals surface area contributed by atoms with Crippen molar-refractivity contribution in [1.82, 2.24) is 14.5 Å². The maximum absolute atomic E-state index is 11.2. The molecular weight excluding hydrogens is 966 g/mol. The molecule has 5 nitrogen and oxygen atoms in total. The number of fused-ring (bicyclic) bond motifs is 7. The maximum Gasteiger partial charge on any atom is 0.163 e. The number of phenolic OH excluding ortho intramolecular Hbond substituents is 1.